The van der Waals surface area contributed by atoms with E-state index >= 15 is 0 Å². The lowest BCUT2D eigenvalue weighted by Gasteiger charge is -2.41. The molecule has 188 valence electrons. The molecule has 0 amide bonds. The monoisotopic (exact) mass is 480 g/mol. The highest BCUT2D eigenvalue weighted by atomic mass is 16.5. The molecule has 0 spiro atoms. The number of H-pyrrole nitrogens is 1. The van der Waals surface area contributed by atoms with Crippen LogP contribution in [-0.4, -0.2) is 48.7 Å². The number of tetrazole rings is 1. The quantitative estimate of drug-likeness (QED) is 0.463. The number of benzene rings is 1. The van der Waals surface area contributed by atoms with Gasteiger partial charge in [0.2, 0.25) is 0 Å². The number of carbonyl (C=O) groups is 1. The molecule has 0 bridgehead atoms. The number of aromatic nitrogens is 5. The van der Waals surface area contributed by atoms with E-state index in [9.17, 15) is 9.59 Å². The smallest absolute Gasteiger partial charge is 0.327 e. The molecule has 9 heteroatoms. The van der Waals surface area contributed by atoms with E-state index in [0.717, 1.165) is 47.7 Å². The Kier molecular flexibility index (Phi) is 7.95. The summed E-state index contributed by atoms with van der Waals surface area (Å²) in [6.07, 6.45) is 5.67. The van der Waals surface area contributed by atoms with Crippen LogP contribution in [0.5, 0.6) is 0 Å². The van der Waals surface area contributed by atoms with Crippen molar-refractivity contribution in [3.8, 4) is 0 Å². The number of fused-ring (bicyclic) bond motifs is 1. The lowest BCUT2D eigenvalue weighted by molar-refractivity contribution is -0.144. The average Bonchev–Trinajstić information content (AvgIpc) is 3.27. The molecule has 4 rings (SSSR count). The molecule has 0 radical (unpaired) electrons. The normalized spacial score (nSPS) is 15.7. The first kappa shape index (κ1) is 25.0. The number of rotatable bonds is 9. The molecular formula is C26H36N6O3. The van der Waals surface area contributed by atoms with Crippen LogP contribution in [0.2, 0.25) is 0 Å². The summed E-state index contributed by atoms with van der Waals surface area (Å²) in [7, 11) is 0. The molecule has 0 saturated heterocycles. The molecule has 1 fully saturated rings. The summed E-state index contributed by atoms with van der Waals surface area (Å²) in [5.41, 5.74) is 2.64. The van der Waals surface area contributed by atoms with Crippen molar-refractivity contribution in [1.29, 1.82) is 0 Å². The molecule has 1 unspecified atom stereocenters. The van der Waals surface area contributed by atoms with E-state index in [4.69, 9.17) is 4.74 Å². The van der Waals surface area contributed by atoms with Crippen molar-refractivity contribution in [1.82, 2.24) is 30.1 Å². The number of pyridine rings is 1. The molecule has 35 heavy (non-hydrogen) atoms. The lowest BCUT2D eigenvalue weighted by atomic mass is 9.90. The second-order valence-electron chi connectivity index (χ2n) is 9.87. The maximum Gasteiger partial charge on any atom is 0.327 e. The third-order valence-corrected chi connectivity index (χ3v) is 6.87. The van der Waals surface area contributed by atoms with Gasteiger partial charge in [0.15, 0.2) is 5.82 Å². The molecule has 0 aliphatic heterocycles. The summed E-state index contributed by atoms with van der Waals surface area (Å²) < 4.78 is 6.68. The van der Waals surface area contributed by atoms with Crippen molar-refractivity contribution in [2.45, 2.75) is 85.0 Å². The molecule has 1 atom stereocenters. The minimum Gasteiger partial charge on any atom is -0.465 e. The third-order valence-electron chi connectivity index (χ3n) is 6.87. The highest BCUT2D eigenvalue weighted by molar-refractivity contribution is 5.79. The Morgan fingerprint density at radius 3 is 2.71 bits per heavy atom. The predicted molar refractivity (Wildman–Crippen MR) is 134 cm³/mol. The second kappa shape index (κ2) is 11.1. The Morgan fingerprint density at radius 1 is 1.23 bits per heavy atom. The van der Waals surface area contributed by atoms with Crippen LogP contribution in [0.15, 0.2) is 29.1 Å². The van der Waals surface area contributed by atoms with E-state index in [0.29, 0.717) is 25.0 Å². The van der Waals surface area contributed by atoms with Crippen molar-refractivity contribution >= 4 is 16.9 Å². The Labute approximate surface area is 205 Å². The summed E-state index contributed by atoms with van der Waals surface area (Å²) in [5, 5.41) is 13.4. The molecule has 1 aromatic carbocycles. The molecule has 9 nitrogen and oxygen atoms in total. The minimum absolute atomic E-state index is 0.0340. The summed E-state index contributed by atoms with van der Waals surface area (Å²) in [6, 6.07) is 8.21. The van der Waals surface area contributed by atoms with Crippen molar-refractivity contribution in [3.05, 3.63) is 51.6 Å². The van der Waals surface area contributed by atoms with Crippen LogP contribution in [-0.2, 0) is 22.6 Å². The molecule has 2 heterocycles. The van der Waals surface area contributed by atoms with Crippen LogP contribution in [0.25, 0.3) is 10.9 Å². The Bertz CT molecular complexity index is 1210. The van der Waals surface area contributed by atoms with E-state index in [1.54, 1.807) is 11.6 Å². The van der Waals surface area contributed by atoms with Crippen molar-refractivity contribution < 1.29 is 9.53 Å². The van der Waals surface area contributed by atoms with E-state index < -0.39 is 0 Å². The largest absolute Gasteiger partial charge is 0.465 e. The minimum atomic E-state index is -0.367. The summed E-state index contributed by atoms with van der Waals surface area (Å²) >= 11 is 0. The van der Waals surface area contributed by atoms with Crippen molar-refractivity contribution in [3.63, 3.8) is 0 Å². The highest BCUT2D eigenvalue weighted by Crippen LogP contribution is 2.35. The van der Waals surface area contributed by atoms with Crippen LogP contribution >= 0.6 is 0 Å². The number of ether oxygens (including phenoxy) is 1. The number of hydrogen-bond acceptors (Lipinski definition) is 7. The third kappa shape index (κ3) is 5.78. The van der Waals surface area contributed by atoms with Gasteiger partial charge in [-0.05, 0) is 66.6 Å². The van der Waals surface area contributed by atoms with E-state index in [2.05, 4.69) is 52.2 Å². The molecule has 1 N–H and O–H groups in total. The van der Waals surface area contributed by atoms with Gasteiger partial charge in [0.1, 0.15) is 6.54 Å². The number of nitrogens with one attached hydrogen (secondary N) is 1. The fraction of sp³-hybridized carbons (Fsp3) is 0.577. The maximum atomic E-state index is 13.1. The zero-order chi connectivity index (χ0) is 24.9. The standard InChI is InChI=1S/C26H36N6O3/c1-5-35-23(33)16-32-25(28-29-30-32)24(17(2)3)31(21-9-7-6-8-10-21)15-20-14-19-13-18(4)11-12-22(19)27-26(20)34/h11-14,17,21,24H,5-10,15-16H2,1-4H3,(H,27,34). The van der Waals surface area contributed by atoms with Gasteiger partial charge in [0, 0.05) is 23.7 Å². The average molecular weight is 481 g/mol. The zero-order valence-corrected chi connectivity index (χ0v) is 21.2. The molecule has 1 aliphatic carbocycles. The molecule has 1 saturated carbocycles. The fourth-order valence-electron chi connectivity index (χ4n) is 5.25. The Balaban J connectivity index is 1.74. The number of nitrogens with zero attached hydrogens (tertiary/aromatic N) is 5. The summed E-state index contributed by atoms with van der Waals surface area (Å²) in [6.45, 7) is 8.87. The number of carbonyl (C=O) groups excluding carboxylic acids is 1. The topological polar surface area (TPSA) is 106 Å². The van der Waals surface area contributed by atoms with E-state index in [1.165, 1.54) is 6.42 Å². The van der Waals surface area contributed by atoms with Gasteiger partial charge < -0.3 is 9.72 Å². The number of aromatic amines is 1. The van der Waals surface area contributed by atoms with Gasteiger partial charge in [0.05, 0.1) is 12.6 Å². The van der Waals surface area contributed by atoms with Crippen molar-refractivity contribution in [2.75, 3.05) is 6.61 Å². The van der Waals surface area contributed by atoms with E-state index in [1.807, 2.05) is 18.2 Å². The van der Waals surface area contributed by atoms with Gasteiger partial charge in [-0.3, -0.25) is 14.5 Å². The first-order valence-electron chi connectivity index (χ1n) is 12.7. The highest BCUT2D eigenvalue weighted by Gasteiger charge is 2.35. The van der Waals surface area contributed by atoms with Gasteiger partial charge in [-0.15, -0.1) is 5.10 Å². The van der Waals surface area contributed by atoms with Gasteiger partial charge >= 0.3 is 5.97 Å². The molecule has 1 aliphatic rings. The van der Waals surface area contributed by atoms with E-state index in [-0.39, 0.29) is 30.0 Å². The molecule has 3 aromatic rings. The first-order chi connectivity index (χ1) is 16.9. The maximum absolute atomic E-state index is 13.1. The van der Waals surface area contributed by atoms with Crippen LogP contribution in [0, 0.1) is 12.8 Å². The van der Waals surface area contributed by atoms with Crippen LogP contribution in [0.1, 0.15) is 75.9 Å². The summed E-state index contributed by atoms with van der Waals surface area (Å²) in [4.78, 5) is 30.8. The Morgan fingerprint density at radius 2 is 2.00 bits per heavy atom. The van der Waals surface area contributed by atoms with Gasteiger partial charge in [-0.2, -0.15) is 0 Å². The zero-order valence-electron chi connectivity index (χ0n) is 21.2. The van der Waals surface area contributed by atoms with Gasteiger partial charge in [-0.25, -0.2) is 4.68 Å². The number of hydrogen-bond donors (Lipinski definition) is 1. The lowest BCUT2D eigenvalue weighted by Crippen LogP contribution is -2.43. The van der Waals surface area contributed by atoms with Gasteiger partial charge in [-0.1, -0.05) is 44.7 Å². The van der Waals surface area contributed by atoms with Crippen LogP contribution in [0.4, 0.5) is 0 Å². The Hall–Kier alpha value is -3.07. The van der Waals surface area contributed by atoms with Crippen molar-refractivity contribution in [2.24, 2.45) is 5.92 Å². The second-order valence-corrected chi connectivity index (χ2v) is 9.87. The number of aryl methyl sites for hydroxylation is 1. The SMILES string of the molecule is CCOC(=O)Cn1nnnc1C(C(C)C)N(Cc1cc2cc(C)ccc2[nH]c1=O)C1CCCCC1. The number of esters is 1. The van der Waals surface area contributed by atoms with Gasteiger partial charge in [0.25, 0.3) is 5.56 Å². The summed E-state index contributed by atoms with van der Waals surface area (Å²) in [5.74, 6) is 0.423. The first-order valence-corrected chi connectivity index (χ1v) is 12.7. The van der Waals surface area contributed by atoms with Crippen LogP contribution < -0.4 is 5.56 Å². The van der Waals surface area contributed by atoms with Crippen LogP contribution in [0.3, 0.4) is 0 Å². The predicted octanol–water partition coefficient (Wildman–Crippen LogP) is 3.92. The molecule has 2 aromatic heterocycles. The molecular weight excluding hydrogens is 444 g/mol. The fourth-order valence-corrected chi connectivity index (χ4v) is 5.25.